The van der Waals surface area contributed by atoms with Gasteiger partial charge in [-0.05, 0) is 56.2 Å². The van der Waals surface area contributed by atoms with Gasteiger partial charge in [-0.2, -0.15) is 0 Å². The van der Waals surface area contributed by atoms with Crippen molar-refractivity contribution >= 4 is 17.7 Å². The number of allylic oxidation sites excluding steroid dienone is 1. The van der Waals surface area contributed by atoms with E-state index in [4.69, 9.17) is 9.52 Å². The van der Waals surface area contributed by atoms with E-state index in [-0.39, 0.29) is 11.7 Å². The van der Waals surface area contributed by atoms with Gasteiger partial charge in [-0.15, -0.1) is 11.8 Å². The number of rotatable bonds is 15. The van der Waals surface area contributed by atoms with Gasteiger partial charge in [0.25, 0.3) is 0 Å². The molecule has 1 heterocycles. The van der Waals surface area contributed by atoms with E-state index in [0.717, 1.165) is 25.0 Å². The van der Waals surface area contributed by atoms with Crippen LogP contribution in [0.25, 0.3) is 0 Å². The summed E-state index contributed by atoms with van der Waals surface area (Å²) in [7, 11) is 0. The number of aliphatic carboxylic acids is 1. The van der Waals surface area contributed by atoms with Crippen molar-refractivity contribution in [3.8, 4) is 0 Å². The summed E-state index contributed by atoms with van der Waals surface area (Å²) in [6, 6.07) is 14.3. The fourth-order valence-electron chi connectivity index (χ4n) is 3.14. The third-order valence-electron chi connectivity index (χ3n) is 4.77. The fraction of sp³-hybridized carbons (Fsp3) is 0.458. The summed E-state index contributed by atoms with van der Waals surface area (Å²) in [6.07, 6.45) is 12.0. The van der Waals surface area contributed by atoms with Crippen molar-refractivity contribution in [2.24, 2.45) is 0 Å². The minimum Gasteiger partial charge on any atom is -0.481 e. The van der Waals surface area contributed by atoms with Crippen LogP contribution in [0.1, 0.15) is 56.3 Å². The first-order valence-corrected chi connectivity index (χ1v) is 11.4. The molecular formula is C24H32O4S. The number of aliphatic hydroxyl groups is 1. The number of carboxylic acids is 1. The van der Waals surface area contributed by atoms with E-state index in [1.807, 2.05) is 18.2 Å². The second-order valence-corrected chi connectivity index (χ2v) is 8.39. The minimum atomic E-state index is -0.817. The SMILES string of the molecule is O=C(O)CCC[C@@H](O)[C@H](/C=C\CCCCCc1ccccc1)SCc1ccco1. The molecule has 29 heavy (non-hydrogen) atoms. The summed E-state index contributed by atoms with van der Waals surface area (Å²) < 4.78 is 5.38. The summed E-state index contributed by atoms with van der Waals surface area (Å²) in [5.74, 6) is 0.754. The highest BCUT2D eigenvalue weighted by Gasteiger charge is 2.18. The highest BCUT2D eigenvalue weighted by atomic mass is 32.2. The Morgan fingerprint density at radius 2 is 1.90 bits per heavy atom. The number of unbranched alkanes of at least 4 members (excludes halogenated alkanes) is 3. The molecule has 0 amide bonds. The molecule has 0 aliphatic rings. The largest absolute Gasteiger partial charge is 0.481 e. The van der Waals surface area contributed by atoms with Gasteiger partial charge >= 0.3 is 5.97 Å². The van der Waals surface area contributed by atoms with E-state index < -0.39 is 12.1 Å². The van der Waals surface area contributed by atoms with Crippen molar-refractivity contribution in [1.82, 2.24) is 0 Å². The fourth-order valence-corrected chi connectivity index (χ4v) is 4.24. The van der Waals surface area contributed by atoms with Crippen LogP contribution < -0.4 is 0 Å². The van der Waals surface area contributed by atoms with Crippen LogP contribution in [0.5, 0.6) is 0 Å². The smallest absolute Gasteiger partial charge is 0.303 e. The maximum atomic E-state index is 10.7. The molecule has 0 fully saturated rings. The first-order chi connectivity index (χ1) is 14.1. The van der Waals surface area contributed by atoms with Crippen molar-refractivity contribution in [2.45, 2.75) is 68.5 Å². The molecule has 2 atom stereocenters. The monoisotopic (exact) mass is 416 g/mol. The topological polar surface area (TPSA) is 70.7 Å². The van der Waals surface area contributed by atoms with Crippen molar-refractivity contribution < 1.29 is 19.4 Å². The zero-order valence-corrected chi connectivity index (χ0v) is 17.7. The number of hydrogen-bond donors (Lipinski definition) is 2. The molecule has 4 nitrogen and oxygen atoms in total. The summed E-state index contributed by atoms with van der Waals surface area (Å²) in [5, 5.41) is 19.3. The summed E-state index contributed by atoms with van der Waals surface area (Å²) in [6.45, 7) is 0. The van der Waals surface area contributed by atoms with Gasteiger partial charge in [-0.3, -0.25) is 4.79 Å². The predicted molar refractivity (Wildman–Crippen MR) is 119 cm³/mol. The lowest BCUT2D eigenvalue weighted by Gasteiger charge is -2.19. The van der Waals surface area contributed by atoms with Crippen LogP contribution in [-0.2, 0) is 17.0 Å². The lowest BCUT2D eigenvalue weighted by atomic mass is 10.1. The lowest BCUT2D eigenvalue weighted by molar-refractivity contribution is -0.137. The maximum Gasteiger partial charge on any atom is 0.303 e. The average Bonchev–Trinajstić information content (AvgIpc) is 3.23. The second kappa shape index (κ2) is 14.1. The number of aliphatic hydroxyl groups excluding tert-OH is 1. The molecule has 2 aromatic rings. The van der Waals surface area contributed by atoms with Crippen LogP contribution in [0.3, 0.4) is 0 Å². The first kappa shape index (κ1) is 23.3. The molecule has 1 aromatic carbocycles. The summed E-state index contributed by atoms with van der Waals surface area (Å²) in [5.41, 5.74) is 1.39. The van der Waals surface area contributed by atoms with Crippen LogP contribution in [0.2, 0.25) is 0 Å². The Balaban J connectivity index is 1.71. The normalized spacial score (nSPS) is 13.6. The second-order valence-electron chi connectivity index (χ2n) is 7.22. The van der Waals surface area contributed by atoms with Gasteiger partial charge in [-0.25, -0.2) is 0 Å². The van der Waals surface area contributed by atoms with E-state index in [9.17, 15) is 9.90 Å². The maximum absolute atomic E-state index is 10.7. The van der Waals surface area contributed by atoms with Crippen LogP contribution in [0, 0.1) is 0 Å². The summed E-state index contributed by atoms with van der Waals surface area (Å²) in [4.78, 5) is 10.7. The van der Waals surface area contributed by atoms with Crippen molar-refractivity contribution in [3.63, 3.8) is 0 Å². The van der Waals surface area contributed by atoms with E-state index in [0.29, 0.717) is 18.6 Å². The van der Waals surface area contributed by atoms with Gasteiger partial charge in [0.15, 0.2) is 0 Å². The van der Waals surface area contributed by atoms with Crippen LogP contribution in [0.15, 0.2) is 65.3 Å². The van der Waals surface area contributed by atoms with Gasteiger partial charge in [-0.1, -0.05) is 48.9 Å². The molecule has 0 spiro atoms. The Morgan fingerprint density at radius 3 is 2.62 bits per heavy atom. The molecule has 0 aliphatic carbocycles. The number of carbonyl (C=O) groups is 1. The number of furan rings is 1. The van der Waals surface area contributed by atoms with Crippen molar-refractivity contribution in [3.05, 3.63) is 72.2 Å². The van der Waals surface area contributed by atoms with E-state index in [1.165, 1.54) is 18.4 Å². The molecule has 0 saturated heterocycles. The summed E-state index contributed by atoms with van der Waals surface area (Å²) >= 11 is 1.63. The van der Waals surface area contributed by atoms with E-state index >= 15 is 0 Å². The third kappa shape index (κ3) is 10.4. The molecule has 0 bridgehead atoms. The molecule has 0 radical (unpaired) electrons. The molecule has 5 heteroatoms. The minimum absolute atomic E-state index is 0.0572. The van der Waals surface area contributed by atoms with Gasteiger partial charge in [0.2, 0.25) is 0 Å². The Labute approximate surface area is 178 Å². The van der Waals surface area contributed by atoms with Crippen LogP contribution in [0.4, 0.5) is 0 Å². The van der Waals surface area contributed by atoms with E-state index in [1.54, 1.807) is 18.0 Å². The Kier molecular flexibility index (Phi) is 11.3. The molecule has 0 unspecified atom stereocenters. The zero-order valence-electron chi connectivity index (χ0n) is 16.9. The van der Waals surface area contributed by atoms with Crippen molar-refractivity contribution in [1.29, 1.82) is 0 Å². The molecule has 158 valence electrons. The molecule has 2 rings (SSSR count). The van der Waals surface area contributed by atoms with E-state index in [2.05, 4.69) is 36.4 Å². The molecule has 0 saturated carbocycles. The standard InChI is InChI=1S/C24H32O4S/c25-22(15-9-17-24(26)27)23(29-19-21-14-10-18-28-21)16-8-3-1-2-5-11-20-12-6-4-7-13-20/h4,6-8,10,12-14,16,18,22-23,25H,1-3,5,9,11,15,17,19H2,(H,26,27)/b16-8-/t22-,23+/m1/s1. The zero-order chi connectivity index (χ0) is 20.7. The molecule has 1 aromatic heterocycles. The quantitative estimate of drug-likeness (QED) is 0.281. The Bertz CT molecular complexity index is 697. The van der Waals surface area contributed by atoms with Gasteiger partial charge in [0.05, 0.1) is 18.1 Å². The molecule has 2 N–H and O–H groups in total. The average molecular weight is 417 g/mol. The van der Waals surface area contributed by atoms with Gasteiger partial charge < -0.3 is 14.6 Å². The highest BCUT2D eigenvalue weighted by Crippen LogP contribution is 2.25. The third-order valence-corrected chi connectivity index (χ3v) is 6.08. The number of aryl methyl sites for hydroxylation is 1. The Hall–Kier alpha value is -1.98. The number of hydrogen-bond acceptors (Lipinski definition) is 4. The number of thioether (sulfide) groups is 1. The van der Waals surface area contributed by atoms with Crippen LogP contribution in [-0.4, -0.2) is 27.5 Å². The number of benzene rings is 1. The Morgan fingerprint density at radius 1 is 1.07 bits per heavy atom. The lowest BCUT2D eigenvalue weighted by Crippen LogP contribution is -2.21. The highest BCUT2D eigenvalue weighted by molar-refractivity contribution is 7.99. The molecule has 0 aliphatic heterocycles. The van der Waals surface area contributed by atoms with Gasteiger partial charge in [0.1, 0.15) is 5.76 Å². The molecular weight excluding hydrogens is 384 g/mol. The predicted octanol–water partition coefficient (Wildman–Crippen LogP) is 5.86. The number of carboxylic acid groups (broad SMARTS) is 1. The first-order valence-electron chi connectivity index (χ1n) is 10.4. The van der Waals surface area contributed by atoms with Crippen molar-refractivity contribution in [2.75, 3.05) is 0 Å². The van der Waals surface area contributed by atoms with Crippen LogP contribution >= 0.6 is 11.8 Å². The van der Waals surface area contributed by atoms with Gasteiger partial charge in [0, 0.05) is 11.7 Å².